The van der Waals surface area contributed by atoms with Crippen molar-refractivity contribution in [3.8, 4) is 0 Å². The Morgan fingerprint density at radius 1 is 1.25 bits per heavy atom. The number of hydrogen-bond acceptors (Lipinski definition) is 11. The van der Waals surface area contributed by atoms with Crippen LogP contribution in [-0.2, 0) is 14.3 Å². The molecule has 0 spiro atoms. The molecule has 0 bridgehead atoms. The van der Waals surface area contributed by atoms with Gasteiger partial charge in [0.1, 0.15) is 18.6 Å². The highest BCUT2D eigenvalue weighted by molar-refractivity contribution is 7.99. The van der Waals surface area contributed by atoms with Crippen LogP contribution in [0.5, 0.6) is 0 Å². The Labute approximate surface area is 219 Å². The summed E-state index contributed by atoms with van der Waals surface area (Å²) < 4.78 is 10.7. The van der Waals surface area contributed by atoms with Gasteiger partial charge in [0, 0.05) is 66.4 Å². The Kier molecular flexibility index (Phi) is 15.0. The second-order valence-corrected chi connectivity index (χ2v) is 9.30. The van der Waals surface area contributed by atoms with Gasteiger partial charge < -0.3 is 45.4 Å². The summed E-state index contributed by atoms with van der Waals surface area (Å²) >= 11 is 1.68. The lowest BCUT2D eigenvalue weighted by Gasteiger charge is -2.27. The summed E-state index contributed by atoms with van der Waals surface area (Å²) in [5, 5.41) is 29.6. The van der Waals surface area contributed by atoms with Gasteiger partial charge in [-0.05, 0) is 31.9 Å². The van der Waals surface area contributed by atoms with Crippen LogP contribution in [0.2, 0.25) is 0 Å². The van der Waals surface area contributed by atoms with Crippen LogP contribution in [0.3, 0.4) is 0 Å². The Morgan fingerprint density at radius 3 is 2.61 bits per heavy atom. The summed E-state index contributed by atoms with van der Waals surface area (Å²) in [6.07, 6.45) is 1.14. The predicted molar refractivity (Wildman–Crippen MR) is 146 cm³/mol. The highest BCUT2D eigenvalue weighted by Crippen LogP contribution is 2.21. The SMILES string of the molecule is C=C(O)COCC(=C)N(C=C(CSC/C1=C(\C)C(O)NC(=C)/C(C)=C(/C)N1)NCCON)CCOC. The van der Waals surface area contributed by atoms with Gasteiger partial charge in [-0.25, -0.2) is 5.90 Å². The van der Waals surface area contributed by atoms with Crippen LogP contribution < -0.4 is 21.8 Å². The van der Waals surface area contributed by atoms with Crippen molar-refractivity contribution in [3.05, 3.63) is 71.3 Å². The minimum atomic E-state index is -0.818. The Hall–Kier alpha value is -2.41. The van der Waals surface area contributed by atoms with Crippen LogP contribution in [0.1, 0.15) is 20.8 Å². The molecule has 10 nitrogen and oxygen atoms in total. The number of nitrogens with one attached hydrogen (secondary N) is 3. The first kappa shape index (κ1) is 31.6. The highest BCUT2D eigenvalue weighted by Gasteiger charge is 2.18. The van der Waals surface area contributed by atoms with Gasteiger partial charge >= 0.3 is 0 Å². The summed E-state index contributed by atoms with van der Waals surface area (Å²) in [7, 11) is 1.64. The zero-order valence-electron chi connectivity index (χ0n) is 22.0. The van der Waals surface area contributed by atoms with E-state index in [1.165, 1.54) is 0 Å². The second-order valence-electron chi connectivity index (χ2n) is 8.32. The lowest BCUT2D eigenvalue weighted by Crippen LogP contribution is -2.35. The molecule has 0 saturated carbocycles. The lowest BCUT2D eigenvalue weighted by atomic mass is 10.1. The Bertz CT molecular complexity index is 856. The summed E-state index contributed by atoms with van der Waals surface area (Å²) in [5.41, 5.74) is 6.02. The van der Waals surface area contributed by atoms with E-state index in [1.807, 2.05) is 31.9 Å². The molecule has 0 fully saturated rings. The van der Waals surface area contributed by atoms with E-state index in [2.05, 4.69) is 35.7 Å². The molecule has 0 aromatic heterocycles. The van der Waals surface area contributed by atoms with Gasteiger partial charge in [-0.15, -0.1) is 11.8 Å². The summed E-state index contributed by atoms with van der Waals surface area (Å²) in [6, 6.07) is 0. The maximum absolute atomic E-state index is 10.5. The fourth-order valence-corrected chi connectivity index (χ4v) is 4.07. The molecule has 1 atom stereocenters. The molecule has 1 aliphatic heterocycles. The molecule has 0 amide bonds. The normalized spacial score (nSPS) is 20.8. The molecular weight excluding hydrogens is 482 g/mol. The van der Waals surface area contributed by atoms with E-state index >= 15 is 0 Å². The smallest absolute Gasteiger partial charge is 0.148 e. The molecule has 11 heteroatoms. The minimum absolute atomic E-state index is 0.0402. The zero-order chi connectivity index (χ0) is 27.1. The van der Waals surface area contributed by atoms with Crippen LogP contribution >= 0.6 is 11.8 Å². The number of ether oxygens (including phenoxy) is 2. The van der Waals surface area contributed by atoms with Crippen LogP contribution in [0.25, 0.3) is 0 Å². The van der Waals surface area contributed by atoms with Gasteiger partial charge in [-0.2, -0.15) is 0 Å². The van der Waals surface area contributed by atoms with Gasteiger partial charge in [-0.3, -0.25) is 0 Å². The highest BCUT2D eigenvalue weighted by atomic mass is 32.2. The summed E-state index contributed by atoms with van der Waals surface area (Å²) in [6.45, 7) is 19.6. The number of allylic oxidation sites excluding steroid dienone is 2. The van der Waals surface area contributed by atoms with Gasteiger partial charge in [-0.1, -0.05) is 19.7 Å². The van der Waals surface area contributed by atoms with E-state index in [-0.39, 0.29) is 19.0 Å². The first-order chi connectivity index (χ1) is 17.1. The van der Waals surface area contributed by atoms with Crippen LogP contribution in [0.15, 0.2) is 71.3 Å². The largest absolute Gasteiger partial charge is 0.510 e. The molecule has 1 aliphatic rings. The number of hydrogen-bond donors (Lipinski definition) is 6. The van der Waals surface area contributed by atoms with Crippen molar-refractivity contribution in [2.45, 2.75) is 27.0 Å². The fourth-order valence-electron chi connectivity index (χ4n) is 3.07. The van der Waals surface area contributed by atoms with E-state index in [0.717, 1.165) is 28.2 Å². The maximum Gasteiger partial charge on any atom is 0.148 e. The molecule has 1 heterocycles. The van der Waals surface area contributed by atoms with Crippen LogP contribution in [-0.4, -0.2) is 79.5 Å². The number of nitrogens with zero attached hydrogens (tertiary/aromatic N) is 1. The number of methoxy groups -OCH3 is 1. The van der Waals surface area contributed by atoms with Gasteiger partial charge in [0.15, 0.2) is 0 Å². The van der Waals surface area contributed by atoms with Crippen molar-refractivity contribution < 1.29 is 24.5 Å². The van der Waals surface area contributed by atoms with Crippen molar-refractivity contribution >= 4 is 11.8 Å². The zero-order valence-corrected chi connectivity index (χ0v) is 22.8. The monoisotopic (exact) mass is 525 g/mol. The topological polar surface area (TPSA) is 134 Å². The fraction of sp³-hybridized carbons (Fsp3) is 0.520. The Balaban J connectivity index is 2.98. The minimum Gasteiger partial charge on any atom is -0.510 e. The van der Waals surface area contributed by atoms with Crippen molar-refractivity contribution in [2.75, 3.05) is 58.1 Å². The molecule has 36 heavy (non-hydrogen) atoms. The number of rotatable bonds is 17. The third kappa shape index (κ3) is 11.5. The molecule has 0 radical (unpaired) electrons. The van der Waals surface area contributed by atoms with Crippen LogP contribution in [0, 0.1) is 0 Å². The molecule has 7 N–H and O–H groups in total. The van der Waals surface area contributed by atoms with Crippen molar-refractivity contribution in [1.29, 1.82) is 0 Å². The van der Waals surface area contributed by atoms with E-state index in [9.17, 15) is 10.2 Å². The lowest BCUT2D eigenvalue weighted by molar-refractivity contribution is 0.126. The first-order valence-corrected chi connectivity index (χ1v) is 12.8. The summed E-state index contributed by atoms with van der Waals surface area (Å²) in [5.74, 6) is 6.44. The van der Waals surface area contributed by atoms with E-state index in [1.54, 1.807) is 18.9 Å². The van der Waals surface area contributed by atoms with E-state index in [0.29, 0.717) is 49.2 Å². The average molecular weight is 526 g/mol. The molecule has 204 valence electrons. The van der Waals surface area contributed by atoms with Gasteiger partial charge in [0.25, 0.3) is 0 Å². The van der Waals surface area contributed by atoms with Crippen LogP contribution in [0.4, 0.5) is 0 Å². The average Bonchev–Trinajstić information content (AvgIpc) is 2.83. The molecule has 1 rings (SSSR count). The van der Waals surface area contributed by atoms with Gasteiger partial charge in [0.05, 0.1) is 19.8 Å². The van der Waals surface area contributed by atoms with E-state index in [4.69, 9.17) is 20.2 Å². The van der Waals surface area contributed by atoms with Crippen molar-refractivity contribution in [1.82, 2.24) is 20.9 Å². The second kappa shape index (κ2) is 17.1. The number of thioether (sulfide) groups is 1. The molecule has 0 saturated heterocycles. The number of nitrogens with two attached hydrogens (primary N) is 1. The standard InChI is InChI=1S/C25H43N5O5S/c1-17(13-34-14-18(2)31)30(9-11-33-7)12-23(27-8-10-35-26)15-36-16-24-20(4)25(32)29-22(6)19(3)21(5)28-24/h12,25,27-29,31-32H,1-2,6,8-11,13-16,26H2,3-5,7H3/b21-19-,23-12?,24-20-. The number of aliphatic hydroxyl groups is 2. The molecule has 0 aromatic carbocycles. The molecule has 0 aliphatic carbocycles. The number of aliphatic hydroxyl groups excluding tert-OH is 2. The van der Waals surface area contributed by atoms with Gasteiger partial charge in [0.2, 0.25) is 0 Å². The first-order valence-electron chi connectivity index (χ1n) is 11.6. The molecule has 1 unspecified atom stereocenters. The van der Waals surface area contributed by atoms with Crippen molar-refractivity contribution in [3.63, 3.8) is 0 Å². The third-order valence-corrected chi connectivity index (χ3v) is 6.43. The molecule has 0 aromatic rings. The third-order valence-electron chi connectivity index (χ3n) is 5.42. The van der Waals surface area contributed by atoms with Crippen molar-refractivity contribution in [2.24, 2.45) is 5.90 Å². The predicted octanol–water partition coefficient (Wildman–Crippen LogP) is 2.18. The van der Waals surface area contributed by atoms with E-state index < -0.39 is 6.23 Å². The maximum atomic E-state index is 10.5. The summed E-state index contributed by atoms with van der Waals surface area (Å²) in [4.78, 5) is 6.65. The Morgan fingerprint density at radius 2 is 1.97 bits per heavy atom. The quantitative estimate of drug-likeness (QED) is 0.0948. The molecular formula is C25H43N5O5S.